The van der Waals surface area contributed by atoms with Crippen LogP contribution in [-0.4, -0.2) is 60.5 Å². The fraction of sp³-hybridized carbons (Fsp3) is 0.478. The Hall–Kier alpha value is -3.47. The first-order valence-electron chi connectivity index (χ1n) is 11.4. The first-order valence-corrected chi connectivity index (χ1v) is 11.4. The summed E-state index contributed by atoms with van der Waals surface area (Å²) in [5, 5.41) is 14.1. The Morgan fingerprint density at radius 2 is 2.18 bits per heavy atom. The van der Waals surface area contributed by atoms with Gasteiger partial charge < -0.3 is 25.3 Å². The standard InChI is InChI=1S/C23H30FN7O3/c1-14(22(32)28-17-9-8-16(17)24)21-29-19(12-20(25-2)31(21)26-3)27-18-7-4-10-30(23(18)33)15-6-5-11-34-13-15/h4,7,10,12,15-17,25H,3,5-6,8-9,11,13H2,1-2H3,(H,27,29)(H,28,32)/b21-14+/t15-,16+,17+/m0/s1. The van der Waals surface area contributed by atoms with Gasteiger partial charge in [-0.15, -0.1) is 0 Å². The number of carbonyl (C=O) groups is 1. The van der Waals surface area contributed by atoms with Crippen LogP contribution in [0.3, 0.4) is 0 Å². The molecular formula is C23H30FN7O3. The number of amidine groups is 1. The minimum atomic E-state index is -1.04. The number of pyridine rings is 1. The molecular weight excluding hydrogens is 441 g/mol. The van der Waals surface area contributed by atoms with Gasteiger partial charge in [0.1, 0.15) is 23.5 Å². The molecule has 10 nitrogen and oxygen atoms in total. The number of carbonyl (C=O) groups excluding carboxylic acids is 1. The van der Waals surface area contributed by atoms with Crippen molar-refractivity contribution in [1.82, 2.24) is 20.2 Å². The molecule has 2 fully saturated rings. The van der Waals surface area contributed by atoms with Gasteiger partial charge in [0.25, 0.3) is 11.5 Å². The monoisotopic (exact) mass is 471 g/mol. The highest BCUT2D eigenvalue weighted by Crippen LogP contribution is 2.26. The lowest BCUT2D eigenvalue weighted by Gasteiger charge is -2.32. The number of hydrazone groups is 1. The van der Waals surface area contributed by atoms with Gasteiger partial charge in [0, 0.05) is 32.6 Å². The van der Waals surface area contributed by atoms with Gasteiger partial charge in [-0.3, -0.25) is 9.59 Å². The van der Waals surface area contributed by atoms with E-state index in [2.05, 4.69) is 32.8 Å². The number of halogens is 1. The van der Waals surface area contributed by atoms with E-state index in [1.165, 1.54) is 5.01 Å². The van der Waals surface area contributed by atoms with Crippen LogP contribution in [0.1, 0.15) is 38.6 Å². The van der Waals surface area contributed by atoms with Crippen molar-refractivity contribution in [3.05, 3.63) is 52.0 Å². The highest BCUT2D eigenvalue weighted by molar-refractivity contribution is 6.06. The molecule has 1 aliphatic carbocycles. The number of ether oxygens (including phenoxy) is 1. The summed E-state index contributed by atoms with van der Waals surface area (Å²) in [6.07, 6.45) is 5.20. The largest absolute Gasteiger partial charge is 0.379 e. The maximum atomic E-state index is 13.7. The summed E-state index contributed by atoms with van der Waals surface area (Å²) in [6.45, 7) is 6.37. The maximum Gasteiger partial charge on any atom is 0.274 e. The van der Waals surface area contributed by atoms with Gasteiger partial charge in [-0.1, -0.05) is 0 Å². The van der Waals surface area contributed by atoms with Crippen molar-refractivity contribution in [1.29, 1.82) is 0 Å². The minimum absolute atomic E-state index is 0.0209. The zero-order chi connectivity index (χ0) is 24.2. The lowest BCUT2D eigenvalue weighted by Crippen LogP contribution is -2.48. The lowest BCUT2D eigenvalue weighted by atomic mass is 9.90. The van der Waals surface area contributed by atoms with Crippen molar-refractivity contribution < 1.29 is 13.9 Å². The van der Waals surface area contributed by atoms with Crippen molar-refractivity contribution in [3.63, 3.8) is 0 Å². The highest BCUT2D eigenvalue weighted by atomic mass is 19.1. The smallest absolute Gasteiger partial charge is 0.274 e. The molecule has 3 heterocycles. The van der Waals surface area contributed by atoms with E-state index in [-0.39, 0.29) is 23.0 Å². The zero-order valence-electron chi connectivity index (χ0n) is 19.4. The lowest BCUT2D eigenvalue weighted by molar-refractivity contribution is -0.119. The number of hydrogen-bond acceptors (Lipinski definition) is 8. The van der Waals surface area contributed by atoms with E-state index < -0.39 is 18.1 Å². The molecule has 1 aromatic heterocycles. The van der Waals surface area contributed by atoms with Crippen LogP contribution in [0.4, 0.5) is 10.1 Å². The van der Waals surface area contributed by atoms with Crippen LogP contribution in [0.15, 0.2) is 56.5 Å². The summed E-state index contributed by atoms with van der Waals surface area (Å²) in [5.41, 5.74) is 0.398. The molecule has 3 N–H and O–H groups in total. The van der Waals surface area contributed by atoms with Crippen molar-refractivity contribution in [3.8, 4) is 0 Å². The predicted octanol–water partition coefficient (Wildman–Crippen LogP) is 1.85. The number of rotatable bonds is 6. The van der Waals surface area contributed by atoms with E-state index >= 15 is 0 Å². The van der Waals surface area contributed by atoms with Gasteiger partial charge in [0.15, 0.2) is 5.82 Å². The Kier molecular flexibility index (Phi) is 7.11. The topological polar surface area (TPSA) is 112 Å². The summed E-state index contributed by atoms with van der Waals surface area (Å²) in [6, 6.07) is 2.96. The van der Waals surface area contributed by atoms with E-state index in [4.69, 9.17) is 4.74 Å². The molecule has 0 bridgehead atoms. The number of nitrogens with zero attached hydrogens (tertiary/aromatic N) is 4. The van der Waals surface area contributed by atoms with Gasteiger partial charge in [0.05, 0.1) is 24.3 Å². The molecule has 0 aromatic carbocycles. The van der Waals surface area contributed by atoms with Crippen LogP contribution >= 0.6 is 0 Å². The molecule has 0 spiro atoms. The Bertz CT molecular complexity index is 1100. The van der Waals surface area contributed by atoms with Crippen molar-refractivity contribution in [2.24, 2.45) is 10.1 Å². The zero-order valence-corrected chi connectivity index (χ0v) is 19.4. The average molecular weight is 472 g/mol. The molecule has 1 saturated carbocycles. The second-order valence-electron chi connectivity index (χ2n) is 8.48. The molecule has 3 aliphatic rings. The molecule has 1 amide bonds. The summed E-state index contributed by atoms with van der Waals surface area (Å²) in [7, 11) is 1.70. The summed E-state index contributed by atoms with van der Waals surface area (Å²) < 4.78 is 20.9. The molecule has 1 saturated heterocycles. The Morgan fingerprint density at radius 1 is 1.35 bits per heavy atom. The molecule has 1 aromatic rings. The van der Waals surface area contributed by atoms with Crippen LogP contribution in [0, 0.1) is 0 Å². The van der Waals surface area contributed by atoms with Crippen LogP contribution in [-0.2, 0) is 9.53 Å². The third kappa shape index (κ3) is 4.74. The van der Waals surface area contributed by atoms with Crippen LogP contribution < -0.4 is 21.5 Å². The van der Waals surface area contributed by atoms with E-state index in [0.717, 1.165) is 12.8 Å². The fourth-order valence-electron chi connectivity index (χ4n) is 4.10. The Morgan fingerprint density at radius 3 is 2.79 bits per heavy atom. The average Bonchev–Trinajstić information content (AvgIpc) is 2.86. The van der Waals surface area contributed by atoms with Crippen molar-refractivity contribution in [2.75, 3.05) is 25.6 Å². The third-order valence-corrected chi connectivity index (χ3v) is 6.28. The van der Waals surface area contributed by atoms with E-state index in [1.807, 2.05) is 0 Å². The van der Waals surface area contributed by atoms with Gasteiger partial charge >= 0.3 is 0 Å². The number of nitrogens with one attached hydrogen (secondary N) is 3. The van der Waals surface area contributed by atoms with Crippen LogP contribution in [0.2, 0.25) is 0 Å². The minimum Gasteiger partial charge on any atom is -0.379 e. The molecule has 2 aliphatic heterocycles. The SMILES string of the molecule is C=NN1C(NC)=CC(Nc2cccn([C@H]3CCCOC3)c2=O)=N/C1=C(/C)C(=O)N[C@@H]1CC[C@H]1F. The second-order valence-corrected chi connectivity index (χ2v) is 8.48. The molecule has 3 atom stereocenters. The molecule has 0 unspecified atom stereocenters. The second kappa shape index (κ2) is 10.2. The van der Waals surface area contributed by atoms with Crippen LogP contribution in [0.25, 0.3) is 0 Å². The van der Waals surface area contributed by atoms with E-state index in [1.54, 1.807) is 42.9 Å². The Labute approximate surface area is 197 Å². The highest BCUT2D eigenvalue weighted by Gasteiger charge is 2.33. The molecule has 34 heavy (non-hydrogen) atoms. The maximum absolute atomic E-state index is 13.7. The first kappa shape index (κ1) is 23.7. The normalized spacial score (nSPS) is 26.0. The molecule has 182 valence electrons. The number of aliphatic imine (C=N–C) groups is 1. The quantitative estimate of drug-likeness (QED) is 0.431. The van der Waals surface area contributed by atoms with Gasteiger partial charge in [-0.2, -0.15) is 10.1 Å². The summed E-state index contributed by atoms with van der Waals surface area (Å²) >= 11 is 0. The summed E-state index contributed by atoms with van der Waals surface area (Å²) in [5.74, 6) is 0.621. The Balaban J connectivity index is 1.63. The van der Waals surface area contributed by atoms with Crippen molar-refractivity contribution >= 4 is 24.1 Å². The third-order valence-electron chi connectivity index (χ3n) is 6.28. The first-order chi connectivity index (χ1) is 16.4. The fourth-order valence-corrected chi connectivity index (χ4v) is 4.10. The molecule has 0 radical (unpaired) electrons. The van der Waals surface area contributed by atoms with E-state index in [0.29, 0.717) is 43.4 Å². The van der Waals surface area contributed by atoms with Gasteiger partial charge in [-0.25, -0.2) is 9.38 Å². The molecule has 4 rings (SSSR count). The number of alkyl halides is 1. The van der Waals surface area contributed by atoms with Gasteiger partial charge in [-0.05, 0) is 44.7 Å². The van der Waals surface area contributed by atoms with Crippen LogP contribution in [0.5, 0.6) is 0 Å². The number of hydrogen-bond donors (Lipinski definition) is 3. The summed E-state index contributed by atoms with van der Waals surface area (Å²) in [4.78, 5) is 30.4. The molecule has 11 heteroatoms. The predicted molar refractivity (Wildman–Crippen MR) is 128 cm³/mol. The van der Waals surface area contributed by atoms with Gasteiger partial charge in [0.2, 0.25) is 0 Å². The van der Waals surface area contributed by atoms with Crippen molar-refractivity contribution in [2.45, 2.75) is 50.9 Å². The number of aromatic nitrogens is 1. The number of amides is 1. The van der Waals surface area contributed by atoms with E-state index in [9.17, 15) is 14.0 Å². The number of anilines is 1.